The van der Waals surface area contributed by atoms with Crippen LogP contribution in [0.3, 0.4) is 0 Å². The number of nitrogens with one attached hydrogen (secondary N) is 1. The lowest BCUT2D eigenvalue weighted by Gasteiger charge is -2.12. The Balaban J connectivity index is 4.36. The van der Waals surface area contributed by atoms with Crippen LogP contribution >= 0.6 is 0 Å². The van der Waals surface area contributed by atoms with E-state index in [0.717, 1.165) is 0 Å². The van der Waals surface area contributed by atoms with Crippen LogP contribution in [0.5, 0.6) is 0 Å². The Morgan fingerprint density at radius 1 is 1.50 bits per heavy atom. The van der Waals surface area contributed by atoms with Gasteiger partial charge >= 0.3 is 5.97 Å². The molecular formula is C7H15NO5S. The van der Waals surface area contributed by atoms with Gasteiger partial charge in [0.05, 0.1) is 5.75 Å². The first-order valence-electron chi connectivity index (χ1n) is 4.26. The molecule has 0 aromatic rings. The molecule has 0 radical (unpaired) electrons. The largest absolute Gasteiger partial charge is 0.480 e. The SMILES string of the molecule is CCCS(=O)(=O)NC(CCO)C(=O)O. The molecule has 1 unspecified atom stereocenters. The minimum Gasteiger partial charge on any atom is -0.480 e. The fraction of sp³-hybridized carbons (Fsp3) is 0.857. The molecule has 0 fully saturated rings. The number of aliphatic hydroxyl groups is 1. The summed E-state index contributed by atoms with van der Waals surface area (Å²) in [5, 5.41) is 17.1. The number of carbonyl (C=O) groups is 1. The monoisotopic (exact) mass is 225 g/mol. The van der Waals surface area contributed by atoms with Gasteiger partial charge in [0, 0.05) is 6.61 Å². The van der Waals surface area contributed by atoms with Crippen molar-refractivity contribution in [1.82, 2.24) is 4.72 Å². The summed E-state index contributed by atoms with van der Waals surface area (Å²) in [6.07, 6.45) is 0.291. The number of carboxylic acids is 1. The maximum Gasteiger partial charge on any atom is 0.321 e. The third kappa shape index (κ3) is 5.15. The Bertz CT molecular complexity index is 274. The summed E-state index contributed by atoms with van der Waals surface area (Å²) in [6, 6.07) is -1.24. The lowest BCUT2D eigenvalue weighted by Crippen LogP contribution is -2.42. The Kier molecular flexibility index (Phi) is 5.66. The molecule has 7 heteroatoms. The second-order valence-corrected chi connectivity index (χ2v) is 4.71. The Labute approximate surface area is 83.0 Å². The predicted octanol–water partition coefficient (Wildman–Crippen LogP) is -0.849. The van der Waals surface area contributed by atoms with Crippen LogP contribution in [0.25, 0.3) is 0 Å². The molecule has 0 aromatic carbocycles. The van der Waals surface area contributed by atoms with Gasteiger partial charge in [-0.15, -0.1) is 0 Å². The highest BCUT2D eigenvalue weighted by Gasteiger charge is 2.22. The van der Waals surface area contributed by atoms with Crippen molar-refractivity contribution in [2.24, 2.45) is 0 Å². The number of sulfonamides is 1. The number of hydrogen-bond acceptors (Lipinski definition) is 4. The minimum absolute atomic E-state index is 0.109. The summed E-state index contributed by atoms with van der Waals surface area (Å²) >= 11 is 0. The molecule has 6 nitrogen and oxygen atoms in total. The molecule has 0 rings (SSSR count). The second kappa shape index (κ2) is 5.94. The van der Waals surface area contributed by atoms with E-state index in [0.29, 0.717) is 6.42 Å². The van der Waals surface area contributed by atoms with Crippen molar-refractivity contribution >= 4 is 16.0 Å². The molecule has 0 aliphatic heterocycles. The van der Waals surface area contributed by atoms with Crippen molar-refractivity contribution in [1.29, 1.82) is 0 Å². The molecule has 0 spiro atoms. The highest BCUT2D eigenvalue weighted by atomic mass is 32.2. The summed E-state index contributed by atoms with van der Waals surface area (Å²) in [4.78, 5) is 10.5. The zero-order valence-electron chi connectivity index (χ0n) is 7.93. The van der Waals surface area contributed by atoms with Gasteiger partial charge in [-0.2, -0.15) is 0 Å². The molecule has 0 aromatic heterocycles. The minimum atomic E-state index is -3.54. The molecule has 3 N–H and O–H groups in total. The Morgan fingerprint density at radius 2 is 2.07 bits per heavy atom. The van der Waals surface area contributed by atoms with E-state index >= 15 is 0 Å². The smallest absolute Gasteiger partial charge is 0.321 e. The highest BCUT2D eigenvalue weighted by Crippen LogP contribution is 1.97. The van der Waals surface area contributed by atoms with E-state index in [4.69, 9.17) is 10.2 Å². The lowest BCUT2D eigenvalue weighted by atomic mass is 10.2. The molecule has 0 aliphatic carbocycles. The van der Waals surface area contributed by atoms with Gasteiger partial charge in [0.1, 0.15) is 6.04 Å². The zero-order valence-corrected chi connectivity index (χ0v) is 8.75. The molecular weight excluding hydrogens is 210 g/mol. The summed E-state index contributed by atoms with van der Waals surface area (Å²) in [5.74, 6) is -1.39. The van der Waals surface area contributed by atoms with Gasteiger partial charge < -0.3 is 10.2 Å². The molecule has 0 bridgehead atoms. The van der Waals surface area contributed by atoms with E-state index in [1.165, 1.54) is 0 Å². The van der Waals surface area contributed by atoms with Gasteiger partial charge in [0.15, 0.2) is 0 Å². The van der Waals surface area contributed by atoms with Gasteiger partial charge in [0.2, 0.25) is 10.0 Å². The van der Waals surface area contributed by atoms with Crippen LogP contribution in [0.15, 0.2) is 0 Å². The van der Waals surface area contributed by atoms with Crippen LogP contribution in [0, 0.1) is 0 Å². The van der Waals surface area contributed by atoms with Crippen LogP contribution < -0.4 is 4.72 Å². The molecule has 14 heavy (non-hydrogen) atoms. The zero-order chi connectivity index (χ0) is 11.2. The molecule has 1 atom stereocenters. The lowest BCUT2D eigenvalue weighted by molar-refractivity contribution is -0.139. The van der Waals surface area contributed by atoms with Gasteiger partial charge in [-0.1, -0.05) is 6.92 Å². The fourth-order valence-corrected chi connectivity index (χ4v) is 2.21. The van der Waals surface area contributed by atoms with Crippen LogP contribution in [-0.2, 0) is 14.8 Å². The summed E-state index contributed by atoms with van der Waals surface area (Å²) < 4.78 is 24.3. The first-order chi connectivity index (χ1) is 6.43. The second-order valence-electron chi connectivity index (χ2n) is 2.84. The van der Waals surface area contributed by atoms with Crippen LogP contribution in [0.2, 0.25) is 0 Å². The average molecular weight is 225 g/mol. The number of aliphatic carboxylic acids is 1. The predicted molar refractivity (Wildman–Crippen MR) is 50.3 cm³/mol. The number of rotatable bonds is 7. The van der Waals surface area contributed by atoms with Crippen molar-refractivity contribution in [3.05, 3.63) is 0 Å². The summed E-state index contributed by atoms with van der Waals surface area (Å²) in [5.41, 5.74) is 0. The maximum atomic E-state index is 11.2. The quantitative estimate of drug-likeness (QED) is 0.523. The van der Waals surface area contributed by atoms with E-state index in [9.17, 15) is 13.2 Å². The summed E-state index contributed by atoms with van der Waals surface area (Å²) in [7, 11) is -3.54. The van der Waals surface area contributed by atoms with E-state index in [1.54, 1.807) is 6.92 Å². The van der Waals surface area contributed by atoms with Crippen LogP contribution in [-0.4, -0.2) is 43.0 Å². The van der Waals surface area contributed by atoms with Gasteiger partial charge in [0.25, 0.3) is 0 Å². The standard InChI is InChI=1S/C7H15NO5S/c1-2-5-14(12,13)8-6(3-4-9)7(10)11/h6,8-9H,2-5H2,1H3,(H,10,11). The van der Waals surface area contributed by atoms with Gasteiger partial charge in [-0.3, -0.25) is 4.79 Å². The Morgan fingerprint density at radius 3 is 2.43 bits per heavy atom. The molecule has 0 saturated carbocycles. The van der Waals surface area contributed by atoms with Crippen molar-refractivity contribution < 1.29 is 23.4 Å². The molecule has 0 aliphatic rings. The van der Waals surface area contributed by atoms with E-state index < -0.39 is 22.0 Å². The maximum absolute atomic E-state index is 11.2. The van der Waals surface area contributed by atoms with E-state index in [-0.39, 0.29) is 18.8 Å². The van der Waals surface area contributed by atoms with Crippen molar-refractivity contribution in [3.63, 3.8) is 0 Å². The molecule has 0 heterocycles. The van der Waals surface area contributed by atoms with Crippen molar-refractivity contribution in [2.75, 3.05) is 12.4 Å². The first kappa shape index (κ1) is 13.3. The van der Waals surface area contributed by atoms with Gasteiger partial charge in [-0.05, 0) is 12.8 Å². The third-order valence-corrected chi connectivity index (χ3v) is 3.10. The van der Waals surface area contributed by atoms with E-state index in [2.05, 4.69) is 0 Å². The topological polar surface area (TPSA) is 104 Å². The van der Waals surface area contributed by atoms with E-state index in [1.807, 2.05) is 4.72 Å². The van der Waals surface area contributed by atoms with Crippen LogP contribution in [0.4, 0.5) is 0 Å². The van der Waals surface area contributed by atoms with Crippen LogP contribution in [0.1, 0.15) is 19.8 Å². The normalized spacial score (nSPS) is 13.9. The molecule has 0 amide bonds. The molecule has 84 valence electrons. The molecule has 0 saturated heterocycles. The van der Waals surface area contributed by atoms with Crippen molar-refractivity contribution in [2.45, 2.75) is 25.8 Å². The first-order valence-corrected chi connectivity index (χ1v) is 5.92. The number of aliphatic hydroxyl groups excluding tert-OH is 1. The number of hydrogen-bond donors (Lipinski definition) is 3. The fourth-order valence-electron chi connectivity index (χ4n) is 0.906. The third-order valence-electron chi connectivity index (χ3n) is 1.51. The number of carboxylic acid groups (broad SMARTS) is 1. The summed E-state index contributed by atoms with van der Waals surface area (Å²) in [6.45, 7) is 1.31. The highest BCUT2D eigenvalue weighted by molar-refractivity contribution is 7.89. The average Bonchev–Trinajstić information content (AvgIpc) is 2.02. The van der Waals surface area contributed by atoms with Crippen molar-refractivity contribution in [3.8, 4) is 0 Å². The Hall–Kier alpha value is -0.660. The van der Waals surface area contributed by atoms with Gasteiger partial charge in [-0.25, -0.2) is 13.1 Å².